The number of carbonyl (C=O) groups excluding carboxylic acids is 2. The number of anilines is 2. The van der Waals surface area contributed by atoms with Gasteiger partial charge < -0.3 is 16.0 Å². The van der Waals surface area contributed by atoms with E-state index in [4.69, 9.17) is 5.73 Å². The third-order valence-corrected chi connectivity index (χ3v) is 7.41. The largest absolute Gasteiger partial charge is 0.399 e. The van der Waals surface area contributed by atoms with Crippen LogP contribution < -0.4 is 16.4 Å². The standard InChI is InChI=1S/C24H26F3N7O2S/c1-13-19(14-7-9-29-17(10-14)23(2,3)24(25,26)27)37-21(31-13)33-22(36)34-12-15(11-16(34)20(28)35)32-18-6-4-5-8-30-18/h4-10,15-16H,11-12H2,1-3H3,(H2,28,35)(H,30,32)(H,31,33,36)/t15-,16+/m1/s1. The highest BCUT2D eigenvalue weighted by molar-refractivity contribution is 7.19. The van der Waals surface area contributed by atoms with E-state index in [-0.39, 0.29) is 23.4 Å². The molecule has 37 heavy (non-hydrogen) atoms. The third kappa shape index (κ3) is 5.50. The first-order chi connectivity index (χ1) is 17.4. The van der Waals surface area contributed by atoms with E-state index in [1.54, 1.807) is 31.3 Å². The fourth-order valence-electron chi connectivity index (χ4n) is 4.03. The van der Waals surface area contributed by atoms with E-state index in [1.807, 2.05) is 6.07 Å². The summed E-state index contributed by atoms with van der Waals surface area (Å²) in [7, 11) is 0. The summed E-state index contributed by atoms with van der Waals surface area (Å²) in [6, 6.07) is 6.74. The Labute approximate surface area is 215 Å². The summed E-state index contributed by atoms with van der Waals surface area (Å²) in [6.07, 6.45) is -1.20. The SMILES string of the molecule is Cc1nc(NC(=O)N2C[C@H](Nc3ccccn3)C[C@H]2C(N)=O)sc1-c1ccnc(C(C)(C)C(F)(F)F)c1. The van der Waals surface area contributed by atoms with Gasteiger partial charge in [-0.1, -0.05) is 17.4 Å². The number of thiazole rings is 1. The molecule has 1 aliphatic rings. The number of nitrogens with one attached hydrogen (secondary N) is 2. The topological polar surface area (TPSA) is 126 Å². The lowest BCUT2D eigenvalue weighted by Crippen LogP contribution is -2.45. The molecule has 4 heterocycles. The predicted molar refractivity (Wildman–Crippen MR) is 134 cm³/mol. The van der Waals surface area contributed by atoms with Gasteiger partial charge in [-0.15, -0.1) is 0 Å². The molecule has 3 amide bonds. The van der Waals surface area contributed by atoms with Crippen LogP contribution in [0.15, 0.2) is 42.7 Å². The summed E-state index contributed by atoms with van der Waals surface area (Å²) >= 11 is 1.12. The van der Waals surface area contributed by atoms with Crippen molar-refractivity contribution in [2.75, 3.05) is 17.2 Å². The van der Waals surface area contributed by atoms with Gasteiger partial charge >= 0.3 is 12.2 Å². The third-order valence-electron chi connectivity index (χ3n) is 6.29. The molecule has 3 aromatic rings. The number of amides is 3. The van der Waals surface area contributed by atoms with Gasteiger partial charge in [-0.25, -0.2) is 14.8 Å². The Kier molecular flexibility index (Phi) is 7.09. The van der Waals surface area contributed by atoms with Crippen LogP contribution in [0.2, 0.25) is 0 Å². The number of aryl methyl sites for hydroxylation is 1. The van der Waals surface area contributed by atoms with Crippen molar-refractivity contribution in [2.45, 2.75) is 50.9 Å². The second kappa shape index (κ2) is 9.96. The zero-order valence-electron chi connectivity index (χ0n) is 20.3. The molecule has 1 fully saturated rings. The molecule has 4 N–H and O–H groups in total. The van der Waals surface area contributed by atoms with Crippen molar-refractivity contribution < 1.29 is 22.8 Å². The quantitative estimate of drug-likeness (QED) is 0.433. The molecule has 0 spiro atoms. The number of pyridine rings is 2. The van der Waals surface area contributed by atoms with Gasteiger partial charge in [-0.2, -0.15) is 13.2 Å². The molecule has 0 aromatic carbocycles. The second-order valence-corrected chi connectivity index (χ2v) is 10.3. The highest BCUT2D eigenvalue weighted by Crippen LogP contribution is 2.41. The zero-order valence-corrected chi connectivity index (χ0v) is 21.2. The van der Waals surface area contributed by atoms with Crippen LogP contribution in [0.25, 0.3) is 10.4 Å². The molecular formula is C24H26F3N7O2S. The summed E-state index contributed by atoms with van der Waals surface area (Å²) in [5.74, 6) is -0.0170. The first-order valence-electron chi connectivity index (χ1n) is 11.4. The molecule has 1 aliphatic heterocycles. The molecule has 0 aliphatic carbocycles. The van der Waals surface area contributed by atoms with E-state index in [2.05, 4.69) is 25.6 Å². The number of hydrogen-bond donors (Lipinski definition) is 3. The Bertz CT molecular complexity index is 1300. The molecule has 0 bridgehead atoms. The fourth-order valence-corrected chi connectivity index (χ4v) is 4.98. The highest BCUT2D eigenvalue weighted by atomic mass is 32.1. The number of nitrogens with zero attached hydrogens (tertiary/aromatic N) is 4. The van der Waals surface area contributed by atoms with E-state index in [0.29, 0.717) is 28.4 Å². The summed E-state index contributed by atoms with van der Waals surface area (Å²) in [5.41, 5.74) is 4.33. The van der Waals surface area contributed by atoms with Crippen LogP contribution in [-0.4, -0.2) is 56.6 Å². The first kappa shape index (κ1) is 26.3. The monoisotopic (exact) mass is 533 g/mol. The molecule has 0 saturated carbocycles. The lowest BCUT2D eigenvalue weighted by Gasteiger charge is -2.27. The number of rotatable bonds is 6. The maximum atomic E-state index is 13.5. The van der Waals surface area contributed by atoms with Gasteiger partial charge in [0.15, 0.2) is 5.13 Å². The number of aromatic nitrogens is 3. The minimum Gasteiger partial charge on any atom is -0.368 e. The van der Waals surface area contributed by atoms with E-state index in [9.17, 15) is 22.8 Å². The minimum atomic E-state index is -4.48. The summed E-state index contributed by atoms with van der Waals surface area (Å²) in [5, 5.41) is 6.14. The van der Waals surface area contributed by atoms with Crippen LogP contribution in [0.1, 0.15) is 31.7 Å². The van der Waals surface area contributed by atoms with Crippen LogP contribution in [-0.2, 0) is 10.2 Å². The van der Waals surface area contributed by atoms with Crippen LogP contribution in [0.4, 0.5) is 28.9 Å². The molecule has 9 nitrogen and oxygen atoms in total. The van der Waals surface area contributed by atoms with Gasteiger partial charge in [0, 0.05) is 25.0 Å². The molecule has 2 atom stereocenters. The average Bonchev–Trinajstić information content (AvgIpc) is 3.42. The Morgan fingerprint density at radius 2 is 1.92 bits per heavy atom. The van der Waals surface area contributed by atoms with Gasteiger partial charge in [0.1, 0.15) is 17.3 Å². The normalized spacial score (nSPS) is 18.1. The molecule has 13 heteroatoms. The van der Waals surface area contributed by atoms with Crippen molar-refractivity contribution in [3.05, 3.63) is 54.1 Å². The molecule has 196 valence electrons. The molecule has 0 unspecified atom stereocenters. The maximum Gasteiger partial charge on any atom is 0.399 e. The number of hydrogen-bond acceptors (Lipinski definition) is 7. The van der Waals surface area contributed by atoms with Crippen LogP contribution in [0.5, 0.6) is 0 Å². The second-order valence-electron chi connectivity index (χ2n) is 9.28. The number of alkyl halides is 3. The number of likely N-dealkylation sites (tertiary alicyclic amines) is 1. The van der Waals surface area contributed by atoms with Crippen LogP contribution >= 0.6 is 11.3 Å². The number of halogens is 3. The molecular weight excluding hydrogens is 507 g/mol. The predicted octanol–water partition coefficient (Wildman–Crippen LogP) is 4.32. The Hall–Kier alpha value is -3.74. The van der Waals surface area contributed by atoms with E-state index < -0.39 is 29.6 Å². The van der Waals surface area contributed by atoms with E-state index in [1.165, 1.54) is 17.2 Å². The molecule has 0 radical (unpaired) electrons. The average molecular weight is 534 g/mol. The van der Waals surface area contributed by atoms with Gasteiger partial charge in [0.05, 0.1) is 16.3 Å². The summed E-state index contributed by atoms with van der Waals surface area (Å²) in [4.78, 5) is 39.6. The van der Waals surface area contributed by atoms with E-state index in [0.717, 1.165) is 25.2 Å². The number of nitrogens with two attached hydrogens (primary N) is 1. The maximum absolute atomic E-state index is 13.5. The zero-order chi connectivity index (χ0) is 27.0. The summed E-state index contributed by atoms with van der Waals surface area (Å²) in [6.45, 7) is 4.07. The van der Waals surface area contributed by atoms with Gasteiger partial charge in [0.2, 0.25) is 5.91 Å². The van der Waals surface area contributed by atoms with Crippen molar-refractivity contribution >= 4 is 34.2 Å². The Morgan fingerprint density at radius 1 is 1.16 bits per heavy atom. The van der Waals surface area contributed by atoms with E-state index >= 15 is 0 Å². The van der Waals surface area contributed by atoms with Crippen molar-refractivity contribution in [1.82, 2.24) is 19.9 Å². The van der Waals surface area contributed by atoms with Gasteiger partial charge in [-0.3, -0.25) is 15.1 Å². The lowest BCUT2D eigenvalue weighted by molar-refractivity contribution is -0.181. The van der Waals surface area contributed by atoms with Crippen molar-refractivity contribution in [3.8, 4) is 10.4 Å². The number of carbonyl (C=O) groups is 2. The molecule has 3 aromatic heterocycles. The van der Waals surface area contributed by atoms with Gasteiger partial charge in [0.25, 0.3) is 0 Å². The van der Waals surface area contributed by atoms with Crippen molar-refractivity contribution in [3.63, 3.8) is 0 Å². The number of urea groups is 1. The molecule has 1 saturated heterocycles. The van der Waals surface area contributed by atoms with Crippen molar-refractivity contribution in [1.29, 1.82) is 0 Å². The Balaban J connectivity index is 1.51. The fraction of sp³-hybridized carbons (Fsp3) is 0.375. The number of primary amides is 1. The van der Waals surface area contributed by atoms with Crippen LogP contribution in [0.3, 0.4) is 0 Å². The summed E-state index contributed by atoms with van der Waals surface area (Å²) < 4.78 is 40.6. The highest BCUT2D eigenvalue weighted by Gasteiger charge is 2.49. The first-order valence-corrected chi connectivity index (χ1v) is 12.2. The Morgan fingerprint density at radius 3 is 2.57 bits per heavy atom. The lowest BCUT2D eigenvalue weighted by atomic mass is 9.87. The van der Waals surface area contributed by atoms with Crippen LogP contribution in [0, 0.1) is 6.92 Å². The van der Waals surface area contributed by atoms with Crippen molar-refractivity contribution in [2.24, 2.45) is 5.73 Å². The smallest absolute Gasteiger partial charge is 0.368 e. The minimum absolute atomic E-state index is 0.122. The molecule has 4 rings (SSSR count). The van der Waals surface area contributed by atoms with Gasteiger partial charge in [-0.05, 0) is 57.0 Å².